The number of benzene rings is 4. The molecule has 34 heavy (non-hydrogen) atoms. The fourth-order valence-corrected chi connectivity index (χ4v) is 4.28. The zero-order chi connectivity index (χ0) is 24.1. The Morgan fingerprint density at radius 3 is 1.74 bits per heavy atom. The number of aryl methyl sites for hydroxylation is 2. The Morgan fingerprint density at radius 1 is 0.618 bits per heavy atom. The van der Waals surface area contributed by atoms with Crippen LogP contribution >= 0.6 is 0 Å². The Labute approximate surface area is 218 Å². The average Bonchev–Trinajstić information content (AvgIpc) is 3.40. The summed E-state index contributed by atoms with van der Waals surface area (Å²) >= 11 is 1.74. The molecule has 0 spiro atoms. The van der Waals surface area contributed by atoms with Crippen molar-refractivity contribution in [1.82, 2.24) is 0 Å². The number of hydrogen-bond acceptors (Lipinski definition) is 0. The summed E-state index contributed by atoms with van der Waals surface area (Å²) in [6.45, 7) is 8.90. The van der Waals surface area contributed by atoms with Crippen molar-refractivity contribution in [3.05, 3.63) is 120 Å². The summed E-state index contributed by atoms with van der Waals surface area (Å²) in [5.41, 5.74) is 5.48. The van der Waals surface area contributed by atoms with Crippen molar-refractivity contribution in [2.45, 2.75) is 26.9 Å². The van der Waals surface area contributed by atoms with Crippen LogP contribution in [0.15, 0.2) is 109 Å². The average molecular weight is 534 g/mol. The molecule has 0 aliphatic rings. The van der Waals surface area contributed by atoms with Crippen LogP contribution in [0.25, 0.3) is 43.4 Å². The van der Waals surface area contributed by atoms with Crippen LogP contribution in [-0.4, -0.2) is 5.43 Å². The molecular formula is C32H30SiZr. The van der Waals surface area contributed by atoms with E-state index in [2.05, 4.69) is 136 Å². The summed E-state index contributed by atoms with van der Waals surface area (Å²) in [5, 5.41) is 8.11. The number of rotatable bonds is 1. The van der Waals surface area contributed by atoms with Gasteiger partial charge in [-0.05, 0) is 13.8 Å². The van der Waals surface area contributed by atoms with E-state index >= 15 is 0 Å². The van der Waals surface area contributed by atoms with Crippen LogP contribution in [0.3, 0.4) is 0 Å². The second-order valence-corrected chi connectivity index (χ2v) is 18.4. The van der Waals surface area contributed by atoms with Crippen LogP contribution in [0.1, 0.15) is 11.1 Å². The van der Waals surface area contributed by atoms with E-state index in [0.717, 1.165) is 0 Å². The van der Waals surface area contributed by atoms with Gasteiger partial charge >= 0.3 is 41.9 Å². The van der Waals surface area contributed by atoms with Crippen LogP contribution in [0, 0.1) is 13.8 Å². The molecule has 0 amide bonds. The first-order valence-electron chi connectivity index (χ1n) is 11.7. The van der Waals surface area contributed by atoms with Crippen LogP contribution in [0.5, 0.6) is 0 Å². The monoisotopic (exact) mass is 532 g/mol. The SMILES string of the molecule is C[Si](C)=[Zr+2].Cc1ccc2c(c1)[cH-]c1cc(C)ccc12.c1ccc(-c2c[cH-]c3ccccc23)cc1. The van der Waals surface area contributed by atoms with Gasteiger partial charge < -0.3 is 0 Å². The second-order valence-electron chi connectivity index (χ2n) is 9.03. The number of fused-ring (bicyclic) bond motifs is 4. The zero-order valence-electron chi connectivity index (χ0n) is 20.4. The molecule has 0 radical (unpaired) electrons. The van der Waals surface area contributed by atoms with Gasteiger partial charge in [-0.1, -0.05) is 77.4 Å². The van der Waals surface area contributed by atoms with Gasteiger partial charge in [-0.25, -0.2) is 0 Å². The maximum Gasteiger partial charge on any atom is -0.0469 e. The molecule has 0 unspecified atom stereocenters. The van der Waals surface area contributed by atoms with Gasteiger partial charge in [0, 0.05) is 0 Å². The van der Waals surface area contributed by atoms with Crippen molar-refractivity contribution >= 4 is 37.8 Å². The summed E-state index contributed by atoms with van der Waals surface area (Å²) in [5.74, 6) is 0. The summed E-state index contributed by atoms with van der Waals surface area (Å²) in [6, 6.07) is 39.0. The van der Waals surface area contributed by atoms with E-state index in [-0.39, 0.29) is 5.43 Å². The van der Waals surface area contributed by atoms with E-state index < -0.39 is 0 Å². The molecule has 0 atom stereocenters. The molecule has 6 aromatic rings. The standard InChI is InChI=1S/C15H13.C15H11.C2H6Si.Zr/c1-10-3-5-14-12(7-10)9-13-8-11(2)4-6-15(13)14;1-2-6-12(7-3-1)15-11-10-13-8-4-5-9-14(13)15;1-3-2;/h3-9H,1-2H3;1-11H;1-2H3;/q2*-1;;+2. The van der Waals surface area contributed by atoms with Crippen molar-refractivity contribution < 1.29 is 23.3 Å². The molecule has 166 valence electrons. The van der Waals surface area contributed by atoms with Crippen molar-refractivity contribution in [1.29, 1.82) is 0 Å². The minimum atomic E-state index is 0.210. The van der Waals surface area contributed by atoms with Gasteiger partial charge in [-0.15, -0.1) is 86.4 Å². The van der Waals surface area contributed by atoms with E-state index in [4.69, 9.17) is 0 Å². The maximum atomic E-state index is 2.31. The third-order valence-electron chi connectivity index (χ3n) is 5.78. The minimum Gasteiger partial charge on any atom is -0.150 e. The topological polar surface area (TPSA) is 0 Å². The quantitative estimate of drug-likeness (QED) is 0.146. The van der Waals surface area contributed by atoms with Crippen molar-refractivity contribution in [3.63, 3.8) is 0 Å². The molecular weight excluding hydrogens is 504 g/mol. The number of hydrogen-bond donors (Lipinski definition) is 0. The molecule has 0 aliphatic heterocycles. The summed E-state index contributed by atoms with van der Waals surface area (Å²) in [7, 11) is 0. The fraction of sp³-hybridized carbons (Fsp3) is 0.125. The molecule has 6 aromatic carbocycles. The Kier molecular flexibility index (Phi) is 8.14. The molecule has 2 heteroatoms. The first-order chi connectivity index (χ1) is 16.4. The predicted molar refractivity (Wildman–Crippen MR) is 149 cm³/mol. The van der Waals surface area contributed by atoms with Crippen molar-refractivity contribution in [3.8, 4) is 11.1 Å². The van der Waals surface area contributed by atoms with E-state index in [1.165, 1.54) is 54.6 Å². The van der Waals surface area contributed by atoms with Crippen LogP contribution < -0.4 is 0 Å². The largest absolute Gasteiger partial charge is 0.150 e. The normalized spacial score (nSPS) is 10.5. The van der Waals surface area contributed by atoms with E-state index in [9.17, 15) is 0 Å². The molecule has 0 saturated heterocycles. The van der Waals surface area contributed by atoms with Gasteiger partial charge in [0.05, 0.1) is 0 Å². The van der Waals surface area contributed by atoms with Crippen molar-refractivity contribution in [2.75, 3.05) is 0 Å². The second kappa shape index (κ2) is 11.3. The Balaban J connectivity index is 0.000000140. The van der Waals surface area contributed by atoms with Gasteiger partial charge in [-0.2, -0.15) is 0 Å². The van der Waals surface area contributed by atoms with Gasteiger partial charge in [0.1, 0.15) is 0 Å². The van der Waals surface area contributed by atoms with Gasteiger partial charge in [-0.3, -0.25) is 0 Å². The minimum absolute atomic E-state index is 0.210. The molecule has 0 saturated carbocycles. The first kappa shape index (κ1) is 24.6. The summed E-state index contributed by atoms with van der Waals surface area (Å²) < 4.78 is 0. The Hall–Kier alpha value is -2.54. The molecule has 0 aliphatic carbocycles. The smallest absolute Gasteiger partial charge is 0.0469 e. The predicted octanol–water partition coefficient (Wildman–Crippen LogP) is 9.34. The molecule has 0 fully saturated rings. The summed E-state index contributed by atoms with van der Waals surface area (Å²) in [4.78, 5) is 0. The van der Waals surface area contributed by atoms with Crippen LogP contribution in [0.2, 0.25) is 13.1 Å². The maximum absolute atomic E-state index is 2.31. The Bertz CT molecular complexity index is 1490. The molecule has 6 rings (SSSR count). The van der Waals surface area contributed by atoms with Gasteiger partial charge in [0.25, 0.3) is 0 Å². The Morgan fingerprint density at radius 2 is 1.15 bits per heavy atom. The summed E-state index contributed by atoms with van der Waals surface area (Å²) in [6.07, 6.45) is 0. The molecule has 0 bridgehead atoms. The fourth-order valence-electron chi connectivity index (χ4n) is 4.28. The molecule has 0 N–H and O–H groups in total. The molecule has 0 aromatic heterocycles. The van der Waals surface area contributed by atoms with Gasteiger partial charge in [0.2, 0.25) is 0 Å². The van der Waals surface area contributed by atoms with Crippen LogP contribution in [0.4, 0.5) is 0 Å². The van der Waals surface area contributed by atoms with E-state index in [1.54, 1.807) is 23.3 Å². The van der Waals surface area contributed by atoms with Gasteiger partial charge in [0.15, 0.2) is 0 Å². The van der Waals surface area contributed by atoms with E-state index in [0.29, 0.717) is 0 Å². The first-order valence-corrected chi connectivity index (χ1v) is 17.9. The zero-order valence-corrected chi connectivity index (χ0v) is 23.9. The van der Waals surface area contributed by atoms with Crippen molar-refractivity contribution in [2.24, 2.45) is 0 Å². The molecule has 0 nitrogen and oxygen atoms in total. The third kappa shape index (κ3) is 5.93. The van der Waals surface area contributed by atoms with E-state index in [1.807, 2.05) is 0 Å². The third-order valence-corrected chi connectivity index (χ3v) is 5.78. The van der Waals surface area contributed by atoms with Crippen LogP contribution in [-0.2, 0) is 23.3 Å². The molecule has 0 heterocycles.